The van der Waals surface area contributed by atoms with Crippen LogP contribution in [0.15, 0.2) is 156 Å². The Bertz CT molecular complexity index is 4080. The van der Waals surface area contributed by atoms with Crippen molar-refractivity contribution in [1.29, 1.82) is 0 Å². The van der Waals surface area contributed by atoms with Gasteiger partial charge < -0.3 is 19.1 Å². The van der Waals surface area contributed by atoms with E-state index in [1.165, 1.54) is 95.5 Å². The molecule has 0 amide bonds. The number of para-hydroxylation sites is 1. The predicted molar refractivity (Wildman–Crippen MR) is 347 cm³/mol. The fourth-order valence-corrected chi connectivity index (χ4v) is 15.4. The molecule has 1 aromatic heterocycles. The SMILES string of the molecule is CC(C)(C)c1ccc2c3c(oc2c1)B1c2cc4c(cc2N(c2ccc5c(c2)C(C)(C)CCC5(C)C)c2cc(N(c5ccccc5)c5ccc6ccccc6c5)cc(c21)N3c1ccc2c(c1)C(C)(C)CCC2(C)C)C(C)(C)CCC4(C)C. The molecule has 0 saturated heterocycles. The van der Waals surface area contributed by atoms with Crippen LogP contribution in [0.5, 0.6) is 0 Å². The first-order valence-corrected chi connectivity index (χ1v) is 30.4. The van der Waals surface area contributed by atoms with Gasteiger partial charge in [0.15, 0.2) is 0 Å². The van der Waals surface area contributed by atoms with E-state index >= 15 is 0 Å². The summed E-state index contributed by atoms with van der Waals surface area (Å²) in [6.07, 6.45) is 6.87. The van der Waals surface area contributed by atoms with Crippen LogP contribution in [-0.4, -0.2) is 6.71 Å². The zero-order chi connectivity index (χ0) is 56.7. The third-order valence-corrected chi connectivity index (χ3v) is 20.9. The van der Waals surface area contributed by atoms with Crippen molar-refractivity contribution in [2.45, 2.75) is 180 Å². The third-order valence-electron chi connectivity index (χ3n) is 20.9. The molecule has 81 heavy (non-hydrogen) atoms. The van der Waals surface area contributed by atoms with Crippen LogP contribution in [0.2, 0.25) is 0 Å². The van der Waals surface area contributed by atoms with E-state index in [4.69, 9.17) is 4.42 Å². The molecule has 410 valence electrons. The number of nitrogens with zero attached hydrogens (tertiary/aromatic N) is 3. The van der Waals surface area contributed by atoms with Gasteiger partial charge in [0.05, 0.1) is 17.0 Å². The van der Waals surface area contributed by atoms with Gasteiger partial charge in [-0.2, -0.15) is 0 Å². The monoisotopic (exact) mass is 1060 g/mol. The molecule has 0 saturated carbocycles. The third kappa shape index (κ3) is 7.97. The van der Waals surface area contributed by atoms with Crippen LogP contribution in [0.25, 0.3) is 21.7 Å². The van der Waals surface area contributed by atoms with Crippen molar-refractivity contribution >= 4 is 96.2 Å². The molecule has 0 radical (unpaired) electrons. The molecule has 3 heterocycles. The summed E-state index contributed by atoms with van der Waals surface area (Å²) in [5.74, 6) is 0. The highest BCUT2D eigenvalue weighted by atomic mass is 16.3. The van der Waals surface area contributed by atoms with Gasteiger partial charge in [0.25, 0.3) is 6.71 Å². The standard InChI is InChI=1S/C76H82BN3O/c1-70(2,3)49-26-30-55-66(40-49)81-69-68(55)80(53-29-32-57-59(42-53)74(10,11)36-34-72(57,6)7)65-44-54(78(50-23-17-16-18-24-50)51-27-25-47-21-19-20-22-48(47)39-51)43-64-67(65)77(69)62-45-60-61(76(14,15)38-37-75(60,12)13)46-63(62)79(64)52-28-31-56-58(41-52)73(8,9)35-33-71(56,4)5/h16-32,39-46H,33-38H2,1-15H3. The number of furan rings is 1. The summed E-state index contributed by atoms with van der Waals surface area (Å²) in [6, 6.07) is 59.4. The van der Waals surface area contributed by atoms with Crippen LogP contribution < -0.4 is 31.3 Å². The second-order valence-corrected chi connectivity index (χ2v) is 30.2. The molecular formula is C76H82BN3O. The smallest absolute Gasteiger partial charge is 0.297 e. The number of benzene rings is 8. The lowest BCUT2D eigenvalue weighted by Gasteiger charge is -2.47. The Hall–Kier alpha value is -6.98. The number of anilines is 9. The van der Waals surface area contributed by atoms with E-state index in [0.29, 0.717) is 0 Å². The van der Waals surface area contributed by atoms with Gasteiger partial charge in [0, 0.05) is 45.2 Å². The maximum absolute atomic E-state index is 7.76. The molecule has 0 bridgehead atoms. The zero-order valence-electron chi connectivity index (χ0n) is 51.0. The first-order chi connectivity index (χ1) is 38.2. The molecule has 2 aliphatic heterocycles. The molecule has 0 spiro atoms. The normalized spacial score (nSPS) is 19.3. The fourth-order valence-electron chi connectivity index (χ4n) is 15.4. The molecular weight excluding hydrogens is 982 g/mol. The minimum absolute atomic E-state index is 0.00598. The van der Waals surface area contributed by atoms with E-state index in [1.54, 1.807) is 0 Å². The van der Waals surface area contributed by atoms with Gasteiger partial charge >= 0.3 is 0 Å². The average molecular weight is 1060 g/mol. The quantitative estimate of drug-likeness (QED) is 0.160. The summed E-state index contributed by atoms with van der Waals surface area (Å²) in [5.41, 5.74) is 25.1. The lowest BCUT2D eigenvalue weighted by molar-refractivity contribution is 0.332. The molecule has 0 atom stereocenters. The van der Waals surface area contributed by atoms with Crippen LogP contribution >= 0.6 is 0 Å². The summed E-state index contributed by atoms with van der Waals surface area (Å²) in [6.45, 7) is 36.4. The van der Waals surface area contributed by atoms with Crippen LogP contribution in [-0.2, 0) is 37.9 Å². The van der Waals surface area contributed by atoms with E-state index in [9.17, 15) is 0 Å². The Kier molecular flexibility index (Phi) is 11.1. The molecule has 0 unspecified atom stereocenters. The van der Waals surface area contributed by atoms with Gasteiger partial charge in [-0.3, -0.25) is 0 Å². The van der Waals surface area contributed by atoms with Crippen molar-refractivity contribution in [1.82, 2.24) is 0 Å². The van der Waals surface area contributed by atoms with E-state index in [2.05, 4.69) is 270 Å². The Morgan fingerprint density at radius 1 is 0.420 bits per heavy atom. The molecule has 8 aromatic carbocycles. The fraction of sp³-hybridized carbons (Fsp3) is 0.368. The van der Waals surface area contributed by atoms with Gasteiger partial charge in [0.1, 0.15) is 5.58 Å². The lowest BCUT2D eigenvalue weighted by atomic mass is 9.35. The number of rotatable bonds is 5. The number of fused-ring (bicyclic) bond motifs is 10. The summed E-state index contributed by atoms with van der Waals surface area (Å²) < 4.78 is 7.76. The van der Waals surface area contributed by atoms with Crippen molar-refractivity contribution in [2.24, 2.45) is 0 Å². The van der Waals surface area contributed by atoms with Gasteiger partial charge in [-0.25, -0.2) is 0 Å². The minimum atomic E-state index is -0.204. The van der Waals surface area contributed by atoms with E-state index < -0.39 is 0 Å². The van der Waals surface area contributed by atoms with Crippen LogP contribution in [0.4, 0.5) is 51.2 Å². The van der Waals surface area contributed by atoms with Gasteiger partial charge in [-0.1, -0.05) is 177 Å². The Morgan fingerprint density at radius 3 is 1.51 bits per heavy atom. The minimum Gasteiger partial charge on any atom is -0.468 e. The van der Waals surface area contributed by atoms with Crippen LogP contribution in [0.1, 0.15) is 181 Å². The van der Waals surface area contributed by atoms with Crippen molar-refractivity contribution in [3.8, 4) is 0 Å². The molecule has 14 rings (SSSR count). The number of hydrogen-bond acceptors (Lipinski definition) is 4. The Morgan fingerprint density at radius 2 is 0.926 bits per heavy atom. The molecule has 0 fully saturated rings. The molecule has 4 nitrogen and oxygen atoms in total. The maximum Gasteiger partial charge on any atom is 0.297 e. The van der Waals surface area contributed by atoms with Gasteiger partial charge in [0.2, 0.25) is 0 Å². The first-order valence-electron chi connectivity index (χ1n) is 30.4. The van der Waals surface area contributed by atoms with Crippen molar-refractivity contribution in [3.63, 3.8) is 0 Å². The highest BCUT2D eigenvalue weighted by Gasteiger charge is 2.50. The maximum atomic E-state index is 7.76. The summed E-state index contributed by atoms with van der Waals surface area (Å²) in [4.78, 5) is 7.86. The van der Waals surface area contributed by atoms with Crippen molar-refractivity contribution in [3.05, 3.63) is 191 Å². The highest BCUT2D eigenvalue weighted by Crippen LogP contribution is 2.56. The Labute approximate surface area is 483 Å². The second-order valence-electron chi connectivity index (χ2n) is 30.2. The lowest BCUT2D eigenvalue weighted by Crippen LogP contribution is -2.61. The highest BCUT2D eigenvalue weighted by molar-refractivity contribution is 7.00. The van der Waals surface area contributed by atoms with Crippen LogP contribution in [0, 0.1) is 0 Å². The van der Waals surface area contributed by atoms with Crippen LogP contribution in [0.3, 0.4) is 0 Å². The van der Waals surface area contributed by atoms with Gasteiger partial charge in [-0.15, -0.1) is 0 Å². The number of hydrogen-bond donors (Lipinski definition) is 0. The topological polar surface area (TPSA) is 22.9 Å². The van der Waals surface area contributed by atoms with Crippen molar-refractivity contribution in [2.75, 3.05) is 14.7 Å². The molecule has 3 aliphatic carbocycles. The Balaban J connectivity index is 1.16. The second kappa shape index (κ2) is 17.3. The van der Waals surface area contributed by atoms with E-state index in [0.717, 1.165) is 71.5 Å². The summed E-state index contributed by atoms with van der Waals surface area (Å²) >= 11 is 0. The molecule has 9 aromatic rings. The van der Waals surface area contributed by atoms with Gasteiger partial charge in [-0.05, 0) is 216 Å². The molecule has 5 aliphatic rings. The predicted octanol–water partition coefficient (Wildman–Crippen LogP) is 19.5. The molecule has 0 N–H and O–H groups in total. The first kappa shape index (κ1) is 52.1. The van der Waals surface area contributed by atoms with E-state index in [-0.39, 0.29) is 44.6 Å². The van der Waals surface area contributed by atoms with E-state index in [1.807, 2.05) is 0 Å². The molecule has 5 heteroatoms. The summed E-state index contributed by atoms with van der Waals surface area (Å²) in [5, 5.41) is 3.59. The largest absolute Gasteiger partial charge is 0.468 e. The zero-order valence-corrected chi connectivity index (χ0v) is 51.0. The summed E-state index contributed by atoms with van der Waals surface area (Å²) in [7, 11) is 0. The van der Waals surface area contributed by atoms with Crippen molar-refractivity contribution < 1.29 is 4.42 Å². The average Bonchev–Trinajstić information content (AvgIpc) is 2.83.